The van der Waals surface area contributed by atoms with Crippen LogP contribution in [0.2, 0.25) is 0 Å². The van der Waals surface area contributed by atoms with E-state index in [1.54, 1.807) is 12.1 Å². The molecule has 4 nitrogen and oxygen atoms in total. The summed E-state index contributed by atoms with van der Waals surface area (Å²) < 4.78 is 2.34. The van der Waals surface area contributed by atoms with Gasteiger partial charge in [-0.1, -0.05) is 74.5 Å². The summed E-state index contributed by atoms with van der Waals surface area (Å²) in [6, 6.07) is 29.1. The van der Waals surface area contributed by atoms with Crippen molar-refractivity contribution >= 4 is 39.5 Å². The van der Waals surface area contributed by atoms with Crippen LogP contribution in [0.15, 0.2) is 102 Å². The Hall–Kier alpha value is -4.31. The molecule has 1 N–H and O–H groups in total. The third kappa shape index (κ3) is 4.02. The Morgan fingerprint density at radius 1 is 0.949 bits per heavy atom. The van der Waals surface area contributed by atoms with E-state index in [1.807, 2.05) is 6.07 Å². The highest BCUT2D eigenvalue weighted by Gasteiger charge is 2.47. The standard InChI is InChI=1S/C35H32N2O2/c1-34(2)27-21-25(33(38)39)17-19-28(27)36-30(34)15-10-16-31-35(3,22-23-11-6-5-7-12-23)32-26-14-9-8-13-24(26)18-20-29(32)37(31)4/h5-14,16-21H,15,22H2,1-4H3/p+1. The lowest BCUT2D eigenvalue weighted by molar-refractivity contribution is -0.401. The van der Waals surface area contributed by atoms with Gasteiger partial charge in [-0.15, -0.1) is 0 Å². The molecule has 0 bridgehead atoms. The Morgan fingerprint density at radius 2 is 1.69 bits per heavy atom. The maximum absolute atomic E-state index is 11.6. The molecule has 0 spiro atoms. The zero-order valence-electron chi connectivity index (χ0n) is 22.9. The van der Waals surface area contributed by atoms with Crippen LogP contribution >= 0.6 is 0 Å². The minimum absolute atomic E-state index is 0.213. The first-order valence-electron chi connectivity index (χ1n) is 13.5. The van der Waals surface area contributed by atoms with E-state index in [0.29, 0.717) is 12.0 Å². The van der Waals surface area contributed by atoms with Crippen LogP contribution in [0.1, 0.15) is 54.2 Å². The van der Waals surface area contributed by atoms with Gasteiger partial charge < -0.3 is 5.11 Å². The lowest BCUT2D eigenvalue weighted by atomic mass is 9.73. The number of nitrogens with zero attached hydrogens (tertiary/aromatic N) is 2. The van der Waals surface area contributed by atoms with Crippen molar-refractivity contribution in [3.8, 4) is 0 Å². The molecule has 0 amide bonds. The minimum atomic E-state index is -0.910. The minimum Gasteiger partial charge on any atom is -0.478 e. The number of hydrogen-bond acceptors (Lipinski definition) is 2. The van der Waals surface area contributed by atoms with Crippen LogP contribution in [-0.4, -0.2) is 34.1 Å². The summed E-state index contributed by atoms with van der Waals surface area (Å²) in [7, 11) is 2.17. The van der Waals surface area contributed by atoms with E-state index in [2.05, 4.69) is 111 Å². The van der Waals surface area contributed by atoms with Crippen LogP contribution in [0.3, 0.4) is 0 Å². The summed E-state index contributed by atoms with van der Waals surface area (Å²) in [6.07, 6.45) is 6.10. The molecule has 4 heteroatoms. The van der Waals surface area contributed by atoms with Crippen LogP contribution in [0.4, 0.5) is 11.4 Å². The van der Waals surface area contributed by atoms with Crippen molar-refractivity contribution in [3.63, 3.8) is 0 Å². The average molecular weight is 514 g/mol. The van der Waals surface area contributed by atoms with Crippen molar-refractivity contribution in [2.24, 2.45) is 4.99 Å². The number of hydrogen-bond donors (Lipinski definition) is 1. The van der Waals surface area contributed by atoms with Gasteiger partial charge in [0.25, 0.3) is 0 Å². The van der Waals surface area contributed by atoms with Crippen molar-refractivity contribution in [2.45, 2.75) is 44.4 Å². The fraction of sp³-hybridized carbons (Fsp3) is 0.229. The molecule has 0 saturated carbocycles. The van der Waals surface area contributed by atoms with Gasteiger partial charge in [0.1, 0.15) is 7.05 Å². The third-order valence-electron chi connectivity index (χ3n) is 8.63. The van der Waals surface area contributed by atoms with Crippen molar-refractivity contribution in [1.82, 2.24) is 0 Å². The van der Waals surface area contributed by atoms with E-state index >= 15 is 0 Å². The molecule has 2 aliphatic rings. The highest BCUT2D eigenvalue weighted by molar-refractivity contribution is 6.09. The zero-order valence-corrected chi connectivity index (χ0v) is 22.9. The average Bonchev–Trinajstić information content (AvgIpc) is 3.30. The third-order valence-corrected chi connectivity index (χ3v) is 8.63. The van der Waals surface area contributed by atoms with E-state index in [1.165, 1.54) is 33.3 Å². The van der Waals surface area contributed by atoms with Gasteiger partial charge >= 0.3 is 5.97 Å². The quantitative estimate of drug-likeness (QED) is 0.268. The Morgan fingerprint density at radius 3 is 2.46 bits per heavy atom. The maximum atomic E-state index is 11.6. The van der Waals surface area contributed by atoms with E-state index in [9.17, 15) is 9.90 Å². The number of allylic oxidation sites excluding steroid dienone is 2. The summed E-state index contributed by atoms with van der Waals surface area (Å²) >= 11 is 0. The maximum Gasteiger partial charge on any atom is 0.335 e. The van der Waals surface area contributed by atoms with Crippen LogP contribution in [0, 0.1) is 0 Å². The first-order valence-corrected chi connectivity index (χ1v) is 13.5. The number of fused-ring (bicyclic) bond motifs is 4. The molecular weight excluding hydrogens is 480 g/mol. The summed E-state index contributed by atoms with van der Waals surface area (Å²) in [5, 5.41) is 12.0. The Balaban J connectivity index is 1.38. The Bertz CT molecular complexity index is 1730. The van der Waals surface area contributed by atoms with E-state index in [0.717, 1.165) is 23.4 Å². The van der Waals surface area contributed by atoms with Crippen molar-refractivity contribution < 1.29 is 14.5 Å². The second-order valence-corrected chi connectivity index (χ2v) is 11.4. The Labute approximate surface area is 229 Å². The fourth-order valence-electron chi connectivity index (χ4n) is 6.52. The monoisotopic (exact) mass is 513 g/mol. The number of carbonyl (C=O) groups is 1. The van der Waals surface area contributed by atoms with Crippen molar-refractivity contribution in [2.75, 3.05) is 7.05 Å². The molecule has 0 saturated heterocycles. The predicted molar refractivity (Wildman–Crippen MR) is 160 cm³/mol. The van der Waals surface area contributed by atoms with Crippen molar-refractivity contribution in [1.29, 1.82) is 0 Å². The lowest BCUT2D eigenvalue weighted by Crippen LogP contribution is -2.33. The molecule has 0 radical (unpaired) electrons. The number of benzene rings is 4. The molecule has 4 aromatic rings. The summed E-state index contributed by atoms with van der Waals surface area (Å²) in [5.74, 6) is -0.910. The first kappa shape index (κ1) is 25.0. The second-order valence-electron chi connectivity index (χ2n) is 11.4. The molecule has 0 fully saturated rings. The van der Waals surface area contributed by atoms with Gasteiger partial charge in [0, 0.05) is 35.3 Å². The van der Waals surface area contributed by atoms with Crippen LogP contribution in [-0.2, 0) is 17.3 Å². The van der Waals surface area contributed by atoms with Gasteiger partial charge in [-0.2, -0.15) is 4.58 Å². The number of carboxylic acid groups (broad SMARTS) is 1. The highest BCUT2D eigenvalue weighted by Crippen LogP contribution is 2.46. The van der Waals surface area contributed by atoms with Gasteiger partial charge in [-0.05, 0) is 59.5 Å². The van der Waals surface area contributed by atoms with Gasteiger partial charge in [0.2, 0.25) is 5.69 Å². The van der Waals surface area contributed by atoms with Crippen LogP contribution < -0.4 is 0 Å². The summed E-state index contributed by atoms with van der Waals surface area (Å²) in [4.78, 5) is 16.5. The van der Waals surface area contributed by atoms with Crippen LogP contribution in [0.5, 0.6) is 0 Å². The molecule has 2 aliphatic heterocycles. The molecule has 4 aromatic carbocycles. The van der Waals surface area contributed by atoms with E-state index in [4.69, 9.17) is 4.99 Å². The number of aliphatic imine (C=N–C) groups is 1. The van der Waals surface area contributed by atoms with Gasteiger partial charge in [0.05, 0.1) is 16.7 Å². The molecule has 0 aromatic heterocycles. The van der Waals surface area contributed by atoms with Gasteiger partial charge in [0.15, 0.2) is 5.71 Å². The predicted octanol–water partition coefficient (Wildman–Crippen LogP) is 7.78. The van der Waals surface area contributed by atoms with E-state index in [-0.39, 0.29) is 10.8 Å². The zero-order chi connectivity index (χ0) is 27.4. The largest absolute Gasteiger partial charge is 0.478 e. The van der Waals surface area contributed by atoms with Crippen LogP contribution in [0.25, 0.3) is 10.8 Å². The fourth-order valence-corrected chi connectivity index (χ4v) is 6.52. The normalized spacial score (nSPS) is 19.4. The molecule has 1 atom stereocenters. The van der Waals surface area contributed by atoms with Gasteiger partial charge in [-0.3, -0.25) is 4.99 Å². The molecule has 194 valence electrons. The van der Waals surface area contributed by atoms with E-state index < -0.39 is 5.97 Å². The first-order chi connectivity index (χ1) is 18.7. The smallest absolute Gasteiger partial charge is 0.335 e. The molecule has 0 aliphatic carbocycles. The molecule has 1 unspecified atom stereocenters. The highest BCUT2D eigenvalue weighted by atomic mass is 16.4. The number of carboxylic acids is 1. The van der Waals surface area contributed by atoms with Crippen molar-refractivity contribution in [3.05, 3.63) is 119 Å². The number of rotatable bonds is 6. The lowest BCUT2D eigenvalue weighted by Gasteiger charge is -2.24. The van der Waals surface area contributed by atoms with Gasteiger partial charge in [-0.25, -0.2) is 4.79 Å². The molecular formula is C35H33N2O2+. The topological polar surface area (TPSA) is 52.7 Å². The molecule has 2 heterocycles. The molecule has 6 rings (SSSR count). The SMILES string of the molecule is C[N+]1=C(C=CCC2=Nc3ccc(C(=O)O)cc3C2(C)C)C(C)(Cc2ccccc2)c2c1ccc1ccccc21. The number of aromatic carboxylic acids is 1. The second kappa shape index (κ2) is 9.16. The summed E-state index contributed by atoms with van der Waals surface area (Å²) in [6.45, 7) is 6.63. The Kier molecular flexibility index (Phi) is 5.87. The summed E-state index contributed by atoms with van der Waals surface area (Å²) in [5.41, 5.74) is 7.85. The molecule has 39 heavy (non-hydrogen) atoms.